The molecule has 0 N–H and O–H groups in total. The Morgan fingerprint density at radius 2 is 1.72 bits per heavy atom. The summed E-state index contributed by atoms with van der Waals surface area (Å²) in [5.41, 5.74) is 3.67. The lowest BCUT2D eigenvalue weighted by atomic mass is 10.1. The van der Waals surface area contributed by atoms with Crippen LogP contribution in [0.5, 0.6) is 0 Å². The van der Waals surface area contributed by atoms with Gasteiger partial charge in [-0.05, 0) is 37.5 Å². The molecule has 0 saturated heterocycles. The summed E-state index contributed by atoms with van der Waals surface area (Å²) in [7, 11) is -1.88. The van der Waals surface area contributed by atoms with Crippen LogP contribution in [-0.2, 0) is 20.4 Å². The Morgan fingerprint density at radius 1 is 1.08 bits per heavy atom. The van der Waals surface area contributed by atoms with Crippen LogP contribution in [0.3, 0.4) is 0 Å². The highest BCUT2D eigenvalue weighted by Crippen LogP contribution is 2.20. The molecule has 0 bridgehead atoms. The van der Waals surface area contributed by atoms with Crippen LogP contribution in [0.2, 0.25) is 0 Å². The third-order valence-corrected chi connectivity index (χ3v) is 5.92. The van der Waals surface area contributed by atoms with Crippen LogP contribution in [0.1, 0.15) is 35.2 Å². The number of benzene rings is 2. The fourth-order valence-corrected chi connectivity index (χ4v) is 4.17. The summed E-state index contributed by atoms with van der Waals surface area (Å²) in [6, 6.07) is 15.1. The molecule has 0 spiro atoms. The summed E-state index contributed by atoms with van der Waals surface area (Å²) < 4.78 is 25.0. The van der Waals surface area contributed by atoms with Crippen LogP contribution < -0.4 is 0 Å². The standard InChI is InChI=1S/C20H25NO3S/c1-15-10-11-16(2)19(12-15)13-25(23,24)14-20(22)21(4)17(3)18-8-6-5-7-9-18/h5-12,17H,13-14H2,1-4H3/t17-/m1/s1. The largest absolute Gasteiger partial charge is 0.338 e. The molecule has 2 aromatic rings. The maximum Gasteiger partial charge on any atom is 0.238 e. The van der Waals surface area contributed by atoms with E-state index in [9.17, 15) is 13.2 Å². The van der Waals surface area contributed by atoms with Gasteiger partial charge in [-0.15, -0.1) is 0 Å². The molecular formula is C20H25NO3S. The van der Waals surface area contributed by atoms with Gasteiger partial charge in [-0.25, -0.2) is 8.42 Å². The fraction of sp³-hybridized carbons (Fsp3) is 0.350. The van der Waals surface area contributed by atoms with Crippen LogP contribution in [0.4, 0.5) is 0 Å². The lowest BCUT2D eigenvalue weighted by Gasteiger charge is -2.25. The lowest BCUT2D eigenvalue weighted by Crippen LogP contribution is -2.35. The van der Waals surface area contributed by atoms with Gasteiger partial charge in [-0.3, -0.25) is 4.79 Å². The lowest BCUT2D eigenvalue weighted by molar-refractivity contribution is -0.129. The molecule has 5 heteroatoms. The number of hydrogen-bond donors (Lipinski definition) is 0. The average molecular weight is 359 g/mol. The third-order valence-electron chi connectivity index (χ3n) is 4.48. The summed E-state index contributed by atoms with van der Waals surface area (Å²) in [5, 5.41) is 0. The first-order valence-corrected chi connectivity index (χ1v) is 10.1. The van der Waals surface area contributed by atoms with Crippen LogP contribution in [0.25, 0.3) is 0 Å². The molecule has 25 heavy (non-hydrogen) atoms. The molecule has 0 unspecified atom stereocenters. The second-order valence-electron chi connectivity index (χ2n) is 6.55. The topological polar surface area (TPSA) is 54.5 Å². The molecule has 134 valence electrons. The molecule has 0 aliphatic rings. The van der Waals surface area contributed by atoms with Gasteiger partial charge in [0, 0.05) is 7.05 Å². The van der Waals surface area contributed by atoms with E-state index in [0.717, 1.165) is 22.3 Å². The smallest absolute Gasteiger partial charge is 0.238 e. The van der Waals surface area contributed by atoms with E-state index in [-0.39, 0.29) is 17.7 Å². The molecule has 2 aromatic carbocycles. The van der Waals surface area contributed by atoms with Crippen molar-refractivity contribution in [1.29, 1.82) is 0 Å². The van der Waals surface area contributed by atoms with E-state index in [1.807, 2.05) is 69.3 Å². The molecule has 4 nitrogen and oxygen atoms in total. The summed E-state index contributed by atoms with van der Waals surface area (Å²) in [4.78, 5) is 14.0. The number of rotatable bonds is 6. The van der Waals surface area contributed by atoms with Crippen LogP contribution in [0.15, 0.2) is 48.5 Å². The molecule has 0 heterocycles. The van der Waals surface area contributed by atoms with Crippen LogP contribution in [-0.4, -0.2) is 32.0 Å². The number of nitrogens with zero attached hydrogens (tertiary/aromatic N) is 1. The Morgan fingerprint density at radius 3 is 2.36 bits per heavy atom. The number of carbonyl (C=O) groups excluding carboxylic acids is 1. The van der Waals surface area contributed by atoms with Crippen molar-refractivity contribution in [2.45, 2.75) is 32.6 Å². The molecule has 0 aliphatic heterocycles. The van der Waals surface area contributed by atoms with Gasteiger partial charge in [0.05, 0.1) is 11.8 Å². The summed E-state index contributed by atoms with van der Waals surface area (Å²) >= 11 is 0. The second-order valence-corrected chi connectivity index (χ2v) is 8.62. The number of hydrogen-bond acceptors (Lipinski definition) is 3. The van der Waals surface area contributed by atoms with Crippen molar-refractivity contribution in [2.24, 2.45) is 0 Å². The first kappa shape index (κ1) is 19.2. The minimum absolute atomic E-state index is 0.111. The molecule has 0 aliphatic carbocycles. The zero-order valence-corrected chi connectivity index (χ0v) is 16.0. The monoisotopic (exact) mass is 359 g/mol. The van der Waals surface area contributed by atoms with Gasteiger partial charge in [-0.1, -0.05) is 54.1 Å². The van der Waals surface area contributed by atoms with Gasteiger partial charge >= 0.3 is 0 Å². The van der Waals surface area contributed by atoms with Gasteiger partial charge in [0.1, 0.15) is 5.75 Å². The first-order chi connectivity index (χ1) is 11.7. The van der Waals surface area contributed by atoms with Crippen LogP contribution >= 0.6 is 0 Å². The van der Waals surface area contributed by atoms with Gasteiger partial charge in [-0.2, -0.15) is 0 Å². The molecular weight excluding hydrogens is 334 g/mol. The number of amides is 1. The highest BCUT2D eigenvalue weighted by atomic mass is 32.2. The van der Waals surface area contributed by atoms with Gasteiger partial charge in [0.15, 0.2) is 9.84 Å². The summed E-state index contributed by atoms with van der Waals surface area (Å²) in [5.74, 6) is -0.977. The summed E-state index contributed by atoms with van der Waals surface area (Å²) in [6.07, 6.45) is 0. The average Bonchev–Trinajstić information content (AvgIpc) is 2.57. The summed E-state index contributed by atoms with van der Waals surface area (Å²) in [6.45, 7) is 5.70. The van der Waals surface area contributed by atoms with Crippen molar-refractivity contribution in [3.05, 3.63) is 70.8 Å². The van der Waals surface area contributed by atoms with E-state index < -0.39 is 15.6 Å². The predicted octanol–water partition coefficient (Wildman–Crippen LogP) is 3.44. The van der Waals surface area contributed by atoms with Crippen molar-refractivity contribution in [2.75, 3.05) is 12.8 Å². The molecule has 0 radical (unpaired) electrons. The van der Waals surface area contributed by atoms with E-state index in [1.165, 1.54) is 4.90 Å². The minimum atomic E-state index is -3.53. The molecule has 0 aromatic heterocycles. The minimum Gasteiger partial charge on any atom is -0.338 e. The quantitative estimate of drug-likeness (QED) is 0.794. The van der Waals surface area contributed by atoms with E-state index in [2.05, 4.69) is 0 Å². The van der Waals surface area contributed by atoms with Crippen molar-refractivity contribution >= 4 is 15.7 Å². The normalized spacial score (nSPS) is 12.6. The Bertz CT molecular complexity index is 844. The van der Waals surface area contributed by atoms with Crippen molar-refractivity contribution in [3.63, 3.8) is 0 Å². The van der Waals surface area contributed by atoms with Crippen molar-refractivity contribution in [3.8, 4) is 0 Å². The zero-order valence-electron chi connectivity index (χ0n) is 15.2. The Kier molecular flexibility index (Phi) is 6.01. The molecule has 0 saturated carbocycles. The second kappa shape index (κ2) is 7.83. The predicted molar refractivity (Wildman–Crippen MR) is 101 cm³/mol. The molecule has 1 atom stereocenters. The highest BCUT2D eigenvalue weighted by Gasteiger charge is 2.24. The zero-order chi connectivity index (χ0) is 18.6. The van der Waals surface area contributed by atoms with Gasteiger partial charge < -0.3 is 4.90 Å². The molecule has 1 amide bonds. The Hall–Kier alpha value is -2.14. The molecule has 2 rings (SSSR count). The van der Waals surface area contributed by atoms with Gasteiger partial charge in [0.25, 0.3) is 0 Å². The number of carbonyl (C=O) groups is 1. The highest BCUT2D eigenvalue weighted by molar-refractivity contribution is 7.91. The van der Waals surface area contributed by atoms with Crippen molar-refractivity contribution < 1.29 is 13.2 Å². The molecule has 0 fully saturated rings. The first-order valence-electron chi connectivity index (χ1n) is 8.27. The maximum atomic E-state index is 12.5. The number of aryl methyl sites for hydroxylation is 2. The van der Waals surface area contributed by atoms with E-state index in [4.69, 9.17) is 0 Å². The van der Waals surface area contributed by atoms with Crippen LogP contribution in [0, 0.1) is 13.8 Å². The van der Waals surface area contributed by atoms with Gasteiger partial charge in [0.2, 0.25) is 5.91 Å². The Labute approximate surface area is 150 Å². The number of sulfone groups is 1. The third kappa shape index (κ3) is 5.16. The fourth-order valence-electron chi connectivity index (χ4n) is 2.70. The van der Waals surface area contributed by atoms with Crippen molar-refractivity contribution in [1.82, 2.24) is 4.90 Å². The Balaban J connectivity index is 2.09. The van der Waals surface area contributed by atoms with E-state index in [1.54, 1.807) is 7.05 Å². The SMILES string of the molecule is Cc1ccc(C)c(CS(=O)(=O)CC(=O)N(C)[C@H](C)c2ccccc2)c1. The van der Waals surface area contributed by atoms with E-state index >= 15 is 0 Å². The maximum absolute atomic E-state index is 12.5. The van der Waals surface area contributed by atoms with E-state index in [0.29, 0.717) is 0 Å².